The van der Waals surface area contributed by atoms with Gasteiger partial charge in [-0.2, -0.15) is 13.5 Å². The second kappa shape index (κ2) is 8.75. The third-order valence-corrected chi connectivity index (χ3v) is 5.92. The smallest absolute Gasteiger partial charge is 0.277 e. The summed E-state index contributed by atoms with van der Waals surface area (Å²) in [5.74, 6) is 1.12. The van der Waals surface area contributed by atoms with E-state index in [1.807, 2.05) is 26.0 Å². The highest BCUT2D eigenvalue weighted by Crippen LogP contribution is 2.36. The van der Waals surface area contributed by atoms with Gasteiger partial charge in [0.15, 0.2) is 11.5 Å². The fourth-order valence-corrected chi connectivity index (χ4v) is 4.73. The Balaban J connectivity index is 2.28. The monoisotopic (exact) mass is 454 g/mol. The van der Waals surface area contributed by atoms with E-state index in [9.17, 15) is 8.42 Å². The number of nitrogens with one attached hydrogen (secondary N) is 1. The molecule has 0 fully saturated rings. The summed E-state index contributed by atoms with van der Waals surface area (Å²) in [6, 6.07) is 7.16. The van der Waals surface area contributed by atoms with Gasteiger partial charge in [0.2, 0.25) is 0 Å². The minimum Gasteiger partial charge on any atom is -0.493 e. The van der Waals surface area contributed by atoms with Crippen molar-refractivity contribution < 1.29 is 17.9 Å². The molecular formula is C19H23BrN2O4S. The molecule has 0 radical (unpaired) electrons. The summed E-state index contributed by atoms with van der Waals surface area (Å²) in [6.45, 7) is 7.85. The summed E-state index contributed by atoms with van der Waals surface area (Å²) in [4.78, 5) is 2.52. The van der Waals surface area contributed by atoms with E-state index in [-0.39, 0.29) is 4.90 Å². The van der Waals surface area contributed by atoms with Crippen LogP contribution in [0.2, 0.25) is 0 Å². The van der Waals surface area contributed by atoms with E-state index in [0.29, 0.717) is 39.3 Å². The number of rotatable bonds is 7. The molecule has 0 amide bonds. The highest BCUT2D eigenvalue weighted by Gasteiger charge is 2.19. The van der Waals surface area contributed by atoms with E-state index in [0.717, 1.165) is 5.56 Å². The van der Waals surface area contributed by atoms with Gasteiger partial charge in [0.25, 0.3) is 10.0 Å². The molecular weight excluding hydrogens is 432 g/mol. The van der Waals surface area contributed by atoms with E-state index >= 15 is 0 Å². The molecule has 0 saturated carbocycles. The van der Waals surface area contributed by atoms with E-state index in [1.165, 1.54) is 13.3 Å². The Morgan fingerprint density at radius 3 is 2.33 bits per heavy atom. The molecule has 8 heteroatoms. The molecule has 0 unspecified atom stereocenters. The fraction of sp³-hybridized carbons (Fsp3) is 0.316. The number of hydrogen-bond donors (Lipinski definition) is 1. The number of methoxy groups -OCH3 is 1. The van der Waals surface area contributed by atoms with Gasteiger partial charge in [0.1, 0.15) is 0 Å². The van der Waals surface area contributed by atoms with Crippen molar-refractivity contribution in [1.29, 1.82) is 0 Å². The molecule has 0 saturated heterocycles. The van der Waals surface area contributed by atoms with Crippen molar-refractivity contribution in [2.75, 3.05) is 13.7 Å². The largest absolute Gasteiger partial charge is 0.493 e. The Labute approximate surface area is 168 Å². The van der Waals surface area contributed by atoms with Crippen LogP contribution in [0.15, 0.2) is 38.7 Å². The maximum Gasteiger partial charge on any atom is 0.277 e. The molecule has 0 aliphatic heterocycles. The zero-order chi connectivity index (χ0) is 20.2. The summed E-state index contributed by atoms with van der Waals surface area (Å²) in [6.07, 6.45) is 1.42. The van der Waals surface area contributed by atoms with Crippen LogP contribution < -0.4 is 14.3 Å². The predicted octanol–water partition coefficient (Wildman–Crippen LogP) is 4.09. The first-order valence-corrected chi connectivity index (χ1v) is 10.6. The lowest BCUT2D eigenvalue weighted by Gasteiger charge is -2.12. The first-order valence-electron chi connectivity index (χ1n) is 8.32. The molecule has 0 aliphatic carbocycles. The Morgan fingerprint density at radius 2 is 1.78 bits per heavy atom. The number of ether oxygens (including phenoxy) is 2. The molecule has 0 bridgehead atoms. The van der Waals surface area contributed by atoms with Gasteiger partial charge >= 0.3 is 0 Å². The quantitative estimate of drug-likeness (QED) is 0.504. The van der Waals surface area contributed by atoms with Gasteiger partial charge in [0, 0.05) is 0 Å². The van der Waals surface area contributed by atoms with Gasteiger partial charge < -0.3 is 9.47 Å². The minimum atomic E-state index is -3.77. The van der Waals surface area contributed by atoms with Gasteiger partial charge in [-0.25, -0.2) is 4.83 Å². The van der Waals surface area contributed by atoms with Crippen molar-refractivity contribution >= 4 is 32.2 Å². The van der Waals surface area contributed by atoms with Gasteiger partial charge in [-0.3, -0.25) is 0 Å². The van der Waals surface area contributed by atoms with Crippen molar-refractivity contribution in [3.05, 3.63) is 51.0 Å². The van der Waals surface area contributed by atoms with Crippen LogP contribution in [0.3, 0.4) is 0 Å². The number of halogens is 1. The Kier molecular flexibility index (Phi) is 6.89. The Hall–Kier alpha value is -2.06. The lowest BCUT2D eigenvalue weighted by Crippen LogP contribution is -2.20. The van der Waals surface area contributed by atoms with Gasteiger partial charge in [-0.15, -0.1) is 0 Å². The molecule has 1 N–H and O–H groups in total. The second-order valence-electron chi connectivity index (χ2n) is 6.05. The molecule has 2 aromatic carbocycles. The SMILES string of the molecule is CCOc1c(Br)cc(/C=N/NS(=O)(=O)c2c(C)cc(C)cc2C)cc1OC. The van der Waals surface area contributed by atoms with Crippen LogP contribution in [0.4, 0.5) is 0 Å². The standard InChI is InChI=1S/C19H23BrN2O4S/c1-6-26-18-16(20)9-15(10-17(18)25-5)11-21-22-27(23,24)19-13(3)7-12(2)8-14(19)4/h7-11,22H,6H2,1-5H3/b21-11+. The van der Waals surface area contributed by atoms with Crippen LogP contribution in [0.25, 0.3) is 0 Å². The lowest BCUT2D eigenvalue weighted by molar-refractivity contribution is 0.309. The minimum absolute atomic E-state index is 0.246. The van der Waals surface area contributed by atoms with E-state index in [4.69, 9.17) is 9.47 Å². The van der Waals surface area contributed by atoms with Crippen LogP contribution in [0, 0.1) is 20.8 Å². The molecule has 6 nitrogen and oxygen atoms in total. The molecule has 0 aromatic heterocycles. The maximum absolute atomic E-state index is 12.6. The van der Waals surface area contributed by atoms with Gasteiger partial charge in [0.05, 0.1) is 29.3 Å². The number of aryl methyl sites for hydroxylation is 3. The first kappa shape index (κ1) is 21.2. The topological polar surface area (TPSA) is 77.0 Å². The van der Waals surface area contributed by atoms with Crippen LogP contribution >= 0.6 is 15.9 Å². The summed E-state index contributed by atoms with van der Waals surface area (Å²) in [5.41, 5.74) is 3.03. The summed E-state index contributed by atoms with van der Waals surface area (Å²) < 4.78 is 36.8. The number of nitrogens with zero attached hydrogens (tertiary/aromatic N) is 1. The van der Waals surface area contributed by atoms with E-state index in [2.05, 4.69) is 25.9 Å². The molecule has 2 aromatic rings. The first-order chi connectivity index (χ1) is 12.7. The molecule has 0 atom stereocenters. The molecule has 0 heterocycles. The predicted molar refractivity (Wildman–Crippen MR) is 110 cm³/mol. The average molecular weight is 455 g/mol. The van der Waals surface area contributed by atoms with Crippen molar-refractivity contribution in [3.8, 4) is 11.5 Å². The number of sulfonamides is 1. The zero-order valence-corrected chi connectivity index (χ0v) is 18.4. The van der Waals surface area contributed by atoms with Gasteiger partial charge in [-0.1, -0.05) is 17.7 Å². The summed E-state index contributed by atoms with van der Waals surface area (Å²) in [5, 5.41) is 3.91. The Morgan fingerprint density at radius 1 is 1.15 bits per heavy atom. The molecule has 0 spiro atoms. The second-order valence-corrected chi connectivity index (χ2v) is 8.50. The van der Waals surface area contributed by atoms with Crippen molar-refractivity contribution in [2.24, 2.45) is 5.10 Å². The lowest BCUT2D eigenvalue weighted by atomic mass is 10.1. The van der Waals surface area contributed by atoms with Crippen LogP contribution in [0.1, 0.15) is 29.2 Å². The normalized spacial score (nSPS) is 11.6. The van der Waals surface area contributed by atoms with Crippen LogP contribution in [-0.4, -0.2) is 28.3 Å². The van der Waals surface area contributed by atoms with Gasteiger partial charge in [-0.05, 0) is 72.4 Å². The van der Waals surface area contributed by atoms with E-state index in [1.54, 1.807) is 26.0 Å². The summed E-state index contributed by atoms with van der Waals surface area (Å²) in [7, 11) is -2.23. The highest BCUT2D eigenvalue weighted by molar-refractivity contribution is 9.10. The fourth-order valence-electron chi connectivity index (χ4n) is 2.91. The number of benzene rings is 2. The molecule has 0 aliphatic rings. The average Bonchev–Trinajstić information content (AvgIpc) is 2.55. The van der Waals surface area contributed by atoms with Crippen molar-refractivity contribution in [1.82, 2.24) is 4.83 Å². The highest BCUT2D eigenvalue weighted by atomic mass is 79.9. The third kappa shape index (κ3) is 5.01. The zero-order valence-electron chi connectivity index (χ0n) is 16.0. The third-order valence-electron chi connectivity index (χ3n) is 3.80. The Bertz CT molecular complexity index is 949. The van der Waals surface area contributed by atoms with E-state index < -0.39 is 10.0 Å². The molecule has 27 heavy (non-hydrogen) atoms. The maximum atomic E-state index is 12.6. The molecule has 2 rings (SSSR count). The molecule has 146 valence electrons. The van der Waals surface area contributed by atoms with Crippen LogP contribution in [-0.2, 0) is 10.0 Å². The number of hydrogen-bond acceptors (Lipinski definition) is 5. The summed E-state index contributed by atoms with van der Waals surface area (Å²) >= 11 is 3.43. The van der Waals surface area contributed by atoms with Crippen molar-refractivity contribution in [2.45, 2.75) is 32.6 Å². The van der Waals surface area contributed by atoms with Crippen molar-refractivity contribution in [3.63, 3.8) is 0 Å². The number of hydrazone groups is 1. The van der Waals surface area contributed by atoms with Crippen LogP contribution in [0.5, 0.6) is 11.5 Å².